The molecule has 2 heterocycles. The lowest BCUT2D eigenvalue weighted by atomic mass is 10.2. The summed E-state index contributed by atoms with van der Waals surface area (Å²) in [5.41, 5.74) is 6.16. The molecule has 0 saturated carbocycles. The van der Waals surface area contributed by atoms with Crippen molar-refractivity contribution in [1.29, 1.82) is 0 Å². The lowest BCUT2D eigenvalue weighted by Gasteiger charge is -2.12. The maximum absolute atomic E-state index is 5.55. The fourth-order valence-corrected chi connectivity index (χ4v) is 1.72. The molecule has 86 valence electrons. The van der Waals surface area contributed by atoms with Crippen LogP contribution in [0.25, 0.3) is 0 Å². The zero-order valence-corrected chi connectivity index (χ0v) is 9.57. The monoisotopic (exact) mass is 239 g/mol. The number of rotatable bonds is 4. The summed E-state index contributed by atoms with van der Waals surface area (Å²) in [7, 11) is 0. The summed E-state index contributed by atoms with van der Waals surface area (Å²) in [6, 6.07) is 1.69. The van der Waals surface area contributed by atoms with Crippen LogP contribution in [0.3, 0.4) is 0 Å². The Morgan fingerprint density at radius 3 is 3.25 bits per heavy atom. The van der Waals surface area contributed by atoms with Crippen molar-refractivity contribution in [3.05, 3.63) is 17.8 Å². The minimum Gasteiger partial charge on any atom is -0.473 e. The number of nitrogens with zero attached hydrogens (tertiary/aromatic N) is 2. The van der Waals surface area contributed by atoms with E-state index in [1.807, 2.05) is 0 Å². The zero-order valence-electron chi connectivity index (χ0n) is 8.76. The van der Waals surface area contributed by atoms with Gasteiger partial charge in [0.15, 0.2) is 0 Å². The smallest absolute Gasteiger partial charge is 0.243 e. The van der Waals surface area contributed by atoms with Crippen LogP contribution in [0.1, 0.15) is 18.4 Å². The van der Waals surface area contributed by atoms with Crippen LogP contribution in [0.2, 0.25) is 0 Å². The van der Waals surface area contributed by atoms with Gasteiger partial charge in [0.1, 0.15) is 11.6 Å². The second kappa shape index (κ2) is 5.18. The highest BCUT2D eigenvalue weighted by Crippen LogP contribution is 2.16. The third-order valence-corrected chi connectivity index (χ3v) is 2.60. The lowest BCUT2D eigenvalue weighted by Crippen LogP contribution is -2.19. The Bertz CT molecular complexity index is 380. The van der Waals surface area contributed by atoms with Crippen molar-refractivity contribution in [2.75, 3.05) is 13.2 Å². The van der Waals surface area contributed by atoms with Gasteiger partial charge in [-0.05, 0) is 18.9 Å². The second-order valence-electron chi connectivity index (χ2n) is 3.56. The highest BCUT2D eigenvalue weighted by atomic mass is 32.1. The van der Waals surface area contributed by atoms with Gasteiger partial charge >= 0.3 is 0 Å². The first-order chi connectivity index (χ1) is 7.77. The maximum atomic E-state index is 5.55. The van der Waals surface area contributed by atoms with Crippen LogP contribution in [0, 0.1) is 0 Å². The number of nitrogens with two attached hydrogens (primary N) is 1. The van der Waals surface area contributed by atoms with E-state index in [4.69, 9.17) is 27.4 Å². The molecule has 1 saturated heterocycles. The van der Waals surface area contributed by atoms with Crippen molar-refractivity contribution >= 4 is 17.2 Å². The summed E-state index contributed by atoms with van der Waals surface area (Å²) in [6.45, 7) is 1.27. The van der Waals surface area contributed by atoms with Gasteiger partial charge in [0, 0.05) is 6.61 Å². The molecule has 1 aliphatic rings. The van der Waals surface area contributed by atoms with E-state index in [1.54, 1.807) is 6.07 Å². The molecule has 0 spiro atoms. The van der Waals surface area contributed by atoms with Gasteiger partial charge in [-0.15, -0.1) is 5.10 Å². The Labute approximate surface area is 98.9 Å². The minimum atomic E-state index is 0.140. The van der Waals surface area contributed by atoms with Gasteiger partial charge < -0.3 is 15.2 Å². The van der Waals surface area contributed by atoms with E-state index in [9.17, 15) is 0 Å². The molecule has 16 heavy (non-hydrogen) atoms. The average Bonchev–Trinajstić information content (AvgIpc) is 2.79. The largest absolute Gasteiger partial charge is 0.473 e. The quantitative estimate of drug-likeness (QED) is 0.779. The van der Waals surface area contributed by atoms with E-state index >= 15 is 0 Å². The maximum Gasteiger partial charge on any atom is 0.243 e. The summed E-state index contributed by atoms with van der Waals surface area (Å²) >= 11 is 4.90. The molecule has 1 unspecified atom stereocenters. The SMILES string of the molecule is NC(=S)c1ccnnc1OCC1CCCO1. The van der Waals surface area contributed by atoms with Crippen molar-refractivity contribution in [3.8, 4) is 5.88 Å². The Kier molecular flexibility index (Phi) is 3.63. The predicted molar refractivity (Wildman–Crippen MR) is 62.4 cm³/mol. The van der Waals surface area contributed by atoms with Gasteiger partial charge in [-0.25, -0.2) is 0 Å². The van der Waals surface area contributed by atoms with Crippen LogP contribution < -0.4 is 10.5 Å². The van der Waals surface area contributed by atoms with Gasteiger partial charge in [-0.3, -0.25) is 0 Å². The highest BCUT2D eigenvalue weighted by molar-refractivity contribution is 7.80. The van der Waals surface area contributed by atoms with E-state index in [1.165, 1.54) is 6.20 Å². The van der Waals surface area contributed by atoms with Gasteiger partial charge in [0.2, 0.25) is 5.88 Å². The van der Waals surface area contributed by atoms with E-state index in [-0.39, 0.29) is 11.1 Å². The van der Waals surface area contributed by atoms with Gasteiger partial charge in [0.05, 0.1) is 17.9 Å². The lowest BCUT2D eigenvalue weighted by molar-refractivity contribution is 0.0659. The summed E-state index contributed by atoms with van der Waals surface area (Å²) in [6.07, 6.45) is 3.77. The molecule has 2 N–H and O–H groups in total. The topological polar surface area (TPSA) is 70.3 Å². The van der Waals surface area contributed by atoms with Gasteiger partial charge in [-0.2, -0.15) is 5.10 Å². The van der Waals surface area contributed by atoms with Gasteiger partial charge in [0.25, 0.3) is 0 Å². The number of aromatic nitrogens is 2. The minimum absolute atomic E-state index is 0.140. The fourth-order valence-electron chi connectivity index (χ4n) is 1.56. The molecule has 6 heteroatoms. The summed E-state index contributed by atoms with van der Waals surface area (Å²) in [5.74, 6) is 0.380. The molecule has 1 aromatic rings. The number of hydrogen-bond acceptors (Lipinski definition) is 5. The molecule has 1 aromatic heterocycles. The van der Waals surface area contributed by atoms with Crippen LogP contribution in [0.15, 0.2) is 12.3 Å². The van der Waals surface area contributed by atoms with E-state index < -0.39 is 0 Å². The molecule has 0 radical (unpaired) electrons. The van der Waals surface area contributed by atoms with E-state index in [0.29, 0.717) is 18.1 Å². The number of thiocarbonyl (C=S) groups is 1. The molecule has 0 aromatic carbocycles. The Morgan fingerprint density at radius 1 is 1.69 bits per heavy atom. The third kappa shape index (κ3) is 2.65. The van der Waals surface area contributed by atoms with Crippen molar-refractivity contribution in [3.63, 3.8) is 0 Å². The molecular formula is C10H13N3O2S. The molecule has 0 bridgehead atoms. The molecule has 0 aliphatic carbocycles. The molecule has 0 amide bonds. The zero-order chi connectivity index (χ0) is 11.4. The van der Waals surface area contributed by atoms with Crippen molar-refractivity contribution in [1.82, 2.24) is 10.2 Å². The Hall–Kier alpha value is -1.27. The summed E-state index contributed by atoms with van der Waals surface area (Å²) < 4.78 is 11.0. The van der Waals surface area contributed by atoms with E-state index in [2.05, 4.69) is 10.2 Å². The van der Waals surface area contributed by atoms with E-state index in [0.717, 1.165) is 19.4 Å². The standard InChI is InChI=1S/C10H13N3O2S/c11-9(16)8-3-4-12-13-10(8)15-6-7-2-1-5-14-7/h3-4,7H,1-2,5-6H2,(H2,11,16). The second-order valence-corrected chi connectivity index (χ2v) is 4.00. The first-order valence-electron chi connectivity index (χ1n) is 5.13. The first kappa shape index (κ1) is 11.2. The van der Waals surface area contributed by atoms with Crippen LogP contribution in [-0.2, 0) is 4.74 Å². The average molecular weight is 239 g/mol. The number of hydrogen-bond donors (Lipinski definition) is 1. The van der Waals surface area contributed by atoms with Crippen molar-refractivity contribution in [2.24, 2.45) is 5.73 Å². The Morgan fingerprint density at radius 2 is 2.56 bits per heavy atom. The predicted octanol–water partition coefficient (Wildman–Crippen LogP) is 0.669. The normalized spacial score (nSPS) is 19.6. The molecular weight excluding hydrogens is 226 g/mol. The fraction of sp³-hybridized carbons (Fsp3) is 0.500. The molecule has 1 fully saturated rings. The highest BCUT2D eigenvalue weighted by Gasteiger charge is 2.17. The van der Waals surface area contributed by atoms with Crippen LogP contribution >= 0.6 is 12.2 Å². The molecule has 1 aliphatic heterocycles. The first-order valence-corrected chi connectivity index (χ1v) is 5.54. The van der Waals surface area contributed by atoms with Crippen LogP contribution in [0.5, 0.6) is 5.88 Å². The Balaban J connectivity index is 2.00. The van der Waals surface area contributed by atoms with Crippen molar-refractivity contribution in [2.45, 2.75) is 18.9 Å². The summed E-state index contributed by atoms with van der Waals surface area (Å²) in [5, 5.41) is 7.61. The van der Waals surface area contributed by atoms with Crippen LogP contribution in [0.4, 0.5) is 0 Å². The molecule has 2 rings (SSSR count). The van der Waals surface area contributed by atoms with Crippen molar-refractivity contribution < 1.29 is 9.47 Å². The number of ether oxygens (including phenoxy) is 2. The summed E-state index contributed by atoms with van der Waals surface area (Å²) in [4.78, 5) is 0.261. The molecule has 5 nitrogen and oxygen atoms in total. The third-order valence-electron chi connectivity index (χ3n) is 2.38. The molecule has 1 atom stereocenters. The van der Waals surface area contributed by atoms with Crippen LogP contribution in [-0.4, -0.2) is 34.5 Å². The van der Waals surface area contributed by atoms with Gasteiger partial charge in [-0.1, -0.05) is 12.2 Å².